The molecule has 6 aromatic carbocycles. The van der Waals surface area contributed by atoms with Gasteiger partial charge in [-0.1, -0.05) is 72.8 Å². The van der Waals surface area contributed by atoms with Crippen LogP contribution in [0.15, 0.2) is 164 Å². The summed E-state index contributed by atoms with van der Waals surface area (Å²) < 4.78 is 0. The van der Waals surface area contributed by atoms with Crippen LogP contribution in [0.5, 0.6) is 0 Å². The molecule has 0 spiro atoms. The van der Waals surface area contributed by atoms with Gasteiger partial charge in [-0.15, -0.1) is 20.1 Å². The summed E-state index contributed by atoms with van der Waals surface area (Å²) in [7, 11) is -0.534. The molecule has 0 saturated heterocycles. The van der Waals surface area contributed by atoms with Crippen LogP contribution >= 0.6 is 7.92 Å². The van der Waals surface area contributed by atoms with Crippen LogP contribution in [0, 0.1) is 0 Å². The van der Waals surface area contributed by atoms with Crippen molar-refractivity contribution >= 4 is 23.8 Å². The summed E-state index contributed by atoms with van der Waals surface area (Å²) in [5, 5.41) is 4.23. The molecular formula is C32H27Fe2P. The maximum atomic E-state index is 2.29. The predicted molar refractivity (Wildman–Crippen MR) is 146 cm³/mol. The van der Waals surface area contributed by atoms with Crippen LogP contribution in [0.25, 0.3) is 11.1 Å². The molecule has 0 aromatic heterocycles. The molecular weight excluding hydrogens is 527 g/mol. The van der Waals surface area contributed by atoms with Crippen molar-refractivity contribution in [1.82, 2.24) is 0 Å². The summed E-state index contributed by atoms with van der Waals surface area (Å²) in [6.45, 7) is 0. The Hall–Kier alpha value is -2.69. The van der Waals surface area contributed by atoms with E-state index in [-0.39, 0.29) is 34.1 Å². The molecule has 0 amide bonds. The SMILES string of the molecule is [Fe+2].[Fe+2].c1cc[cH-]c1.c1cc[cH-]c1.c1ccc(P(c2ccccc2)c2cc[cH-]c2-[c-]2cccc2)cc1. The van der Waals surface area contributed by atoms with Crippen molar-refractivity contribution in [2.45, 2.75) is 0 Å². The summed E-state index contributed by atoms with van der Waals surface area (Å²) in [6, 6.07) is 57.1. The second kappa shape index (κ2) is 16.1. The zero-order valence-corrected chi connectivity index (χ0v) is 22.3. The molecule has 35 heavy (non-hydrogen) atoms. The summed E-state index contributed by atoms with van der Waals surface area (Å²) in [5.41, 5.74) is 2.66. The fourth-order valence-electron chi connectivity index (χ4n) is 3.63. The molecule has 0 unspecified atom stereocenters. The van der Waals surface area contributed by atoms with Gasteiger partial charge in [0.2, 0.25) is 0 Å². The molecule has 0 heterocycles. The van der Waals surface area contributed by atoms with Crippen LogP contribution in [-0.4, -0.2) is 0 Å². The molecule has 0 aliphatic carbocycles. The minimum absolute atomic E-state index is 0. The Bertz CT molecular complexity index is 1130. The van der Waals surface area contributed by atoms with Crippen molar-refractivity contribution < 1.29 is 34.1 Å². The van der Waals surface area contributed by atoms with E-state index in [1.54, 1.807) is 0 Å². The molecule has 0 nitrogen and oxygen atoms in total. The largest absolute Gasteiger partial charge is 2.00 e. The Balaban J connectivity index is 0.000000300. The smallest absolute Gasteiger partial charge is 0.286 e. The van der Waals surface area contributed by atoms with Gasteiger partial charge in [-0.05, 0) is 10.6 Å². The van der Waals surface area contributed by atoms with Gasteiger partial charge in [0, 0.05) is 0 Å². The second-order valence-electron chi connectivity index (χ2n) is 7.43. The third kappa shape index (κ3) is 8.48. The van der Waals surface area contributed by atoms with Crippen molar-refractivity contribution in [1.29, 1.82) is 0 Å². The number of rotatable bonds is 4. The predicted octanol–water partition coefficient (Wildman–Crippen LogP) is 7.36. The van der Waals surface area contributed by atoms with Gasteiger partial charge >= 0.3 is 34.1 Å². The van der Waals surface area contributed by atoms with Crippen molar-refractivity contribution in [2.24, 2.45) is 0 Å². The van der Waals surface area contributed by atoms with E-state index in [9.17, 15) is 0 Å². The number of hydrogen-bond donors (Lipinski definition) is 0. The molecule has 0 aliphatic rings. The van der Waals surface area contributed by atoms with Gasteiger partial charge in [0.05, 0.1) is 0 Å². The van der Waals surface area contributed by atoms with Gasteiger partial charge in [-0.3, -0.25) is 16.9 Å². The van der Waals surface area contributed by atoms with E-state index in [1.165, 1.54) is 27.0 Å². The zero-order chi connectivity index (χ0) is 22.6. The molecule has 0 bridgehead atoms. The maximum Gasteiger partial charge on any atom is 2.00 e. The average molecular weight is 554 g/mol. The topological polar surface area (TPSA) is 0 Å². The van der Waals surface area contributed by atoms with Crippen molar-refractivity contribution in [3.8, 4) is 11.1 Å². The van der Waals surface area contributed by atoms with Crippen molar-refractivity contribution in [2.75, 3.05) is 0 Å². The Morgan fingerprint density at radius 2 is 0.943 bits per heavy atom. The molecule has 0 aliphatic heterocycles. The first-order chi connectivity index (χ1) is 16.4. The van der Waals surface area contributed by atoms with Gasteiger partial charge in [0.25, 0.3) is 0 Å². The first-order valence-corrected chi connectivity index (χ1v) is 12.5. The zero-order valence-electron chi connectivity index (χ0n) is 19.2. The summed E-state index contributed by atoms with van der Waals surface area (Å²) in [4.78, 5) is 0. The third-order valence-electron chi connectivity index (χ3n) is 5.15. The Morgan fingerprint density at radius 1 is 0.486 bits per heavy atom. The second-order valence-corrected chi connectivity index (χ2v) is 9.61. The molecule has 0 N–H and O–H groups in total. The van der Waals surface area contributed by atoms with E-state index >= 15 is 0 Å². The number of benzene rings is 2. The van der Waals surface area contributed by atoms with Gasteiger partial charge < -0.3 is 0 Å². The van der Waals surface area contributed by atoms with Crippen LogP contribution in [-0.2, 0) is 34.1 Å². The first-order valence-electron chi connectivity index (χ1n) is 11.1. The van der Waals surface area contributed by atoms with E-state index in [4.69, 9.17) is 0 Å². The van der Waals surface area contributed by atoms with Crippen LogP contribution in [0.3, 0.4) is 0 Å². The molecule has 0 fully saturated rings. The Kier molecular flexibility index (Phi) is 13.1. The van der Waals surface area contributed by atoms with Crippen LogP contribution in [0.2, 0.25) is 0 Å². The third-order valence-corrected chi connectivity index (χ3v) is 7.65. The van der Waals surface area contributed by atoms with Gasteiger partial charge in [-0.2, -0.15) is 42.0 Å². The molecule has 3 heteroatoms. The van der Waals surface area contributed by atoms with Crippen molar-refractivity contribution in [3.63, 3.8) is 0 Å². The fourth-order valence-corrected chi connectivity index (χ4v) is 6.10. The van der Waals surface area contributed by atoms with Gasteiger partial charge in [0.1, 0.15) is 0 Å². The normalized spacial score (nSPS) is 9.51. The summed E-state index contributed by atoms with van der Waals surface area (Å²) in [5.74, 6) is 0. The van der Waals surface area contributed by atoms with E-state index in [2.05, 4.69) is 103 Å². The molecule has 6 aromatic rings. The Labute approximate surface area is 231 Å². The minimum atomic E-state index is -0.534. The standard InChI is InChI=1S/C22H17P.2C5H5.2Fe/c1-3-12-19(13-4-1)23(20-14-5-2-6-15-20)22-17-9-16-21(22)18-10-7-8-11-18;2*1-2-4-5-3-1;;/h1-17H;2*1-5H;;/q-2;2*-1;2*+2. The van der Waals surface area contributed by atoms with E-state index in [0.717, 1.165) is 0 Å². The molecule has 0 radical (unpaired) electrons. The monoisotopic (exact) mass is 554 g/mol. The quantitative estimate of drug-likeness (QED) is 0.122. The van der Waals surface area contributed by atoms with Crippen LogP contribution < -0.4 is 15.9 Å². The molecule has 0 saturated carbocycles. The first kappa shape index (κ1) is 28.5. The molecule has 6 rings (SSSR count). The number of hydrogen-bond acceptors (Lipinski definition) is 0. The van der Waals surface area contributed by atoms with Gasteiger partial charge in [-0.25, -0.2) is 36.4 Å². The Morgan fingerprint density at radius 3 is 1.34 bits per heavy atom. The van der Waals surface area contributed by atoms with E-state index in [0.29, 0.717) is 0 Å². The molecule has 176 valence electrons. The van der Waals surface area contributed by atoms with E-state index < -0.39 is 7.92 Å². The fraction of sp³-hybridized carbons (Fsp3) is 0. The van der Waals surface area contributed by atoms with Crippen LogP contribution in [0.4, 0.5) is 0 Å². The maximum absolute atomic E-state index is 2.29. The van der Waals surface area contributed by atoms with Crippen molar-refractivity contribution in [3.05, 3.63) is 164 Å². The van der Waals surface area contributed by atoms with E-state index in [1.807, 2.05) is 60.7 Å². The minimum Gasteiger partial charge on any atom is -0.286 e. The average Bonchev–Trinajstić information content (AvgIpc) is 3.70. The van der Waals surface area contributed by atoms with Gasteiger partial charge in [0.15, 0.2) is 0 Å². The summed E-state index contributed by atoms with van der Waals surface area (Å²) >= 11 is 0. The summed E-state index contributed by atoms with van der Waals surface area (Å²) in [6.07, 6.45) is 0. The van der Waals surface area contributed by atoms with Crippen LogP contribution in [0.1, 0.15) is 0 Å². The molecule has 0 atom stereocenters.